The maximum Gasteiger partial charge on any atom is 0.314 e. The number of nitro benzene ring substituents is 1. The summed E-state index contributed by atoms with van der Waals surface area (Å²) in [5.74, 6) is -1.65. The van der Waals surface area contributed by atoms with E-state index in [4.69, 9.17) is 4.74 Å². The second kappa shape index (κ2) is 9.23. The van der Waals surface area contributed by atoms with Gasteiger partial charge in [0.15, 0.2) is 0 Å². The summed E-state index contributed by atoms with van der Waals surface area (Å²) in [6, 6.07) is 11.0. The highest BCUT2D eigenvalue weighted by atomic mass is 16.6. The predicted octanol–water partition coefficient (Wildman–Crippen LogP) is 1.93. The summed E-state index contributed by atoms with van der Waals surface area (Å²) in [6.45, 7) is 3.82. The number of nitrogens with zero attached hydrogens (tertiary/aromatic N) is 3. The molecular weight excluding hydrogens is 390 g/mol. The van der Waals surface area contributed by atoms with E-state index in [2.05, 4.69) is 27.5 Å². The van der Waals surface area contributed by atoms with Gasteiger partial charge in [0.05, 0.1) is 17.7 Å². The van der Waals surface area contributed by atoms with Crippen LogP contribution in [0.15, 0.2) is 42.5 Å². The first-order valence-corrected chi connectivity index (χ1v) is 9.35. The zero-order valence-electron chi connectivity index (χ0n) is 16.8. The molecule has 1 heterocycles. The van der Waals surface area contributed by atoms with Gasteiger partial charge in [0.2, 0.25) is 0 Å². The van der Waals surface area contributed by atoms with Crippen LogP contribution in [0.5, 0.6) is 5.75 Å². The first-order chi connectivity index (χ1) is 14.4. The number of hydrogen-bond acceptors (Lipinski definition) is 7. The van der Waals surface area contributed by atoms with Gasteiger partial charge in [0, 0.05) is 49.7 Å². The van der Waals surface area contributed by atoms with Crippen molar-refractivity contribution < 1.29 is 19.2 Å². The van der Waals surface area contributed by atoms with Crippen LogP contribution < -0.4 is 20.3 Å². The van der Waals surface area contributed by atoms with E-state index in [-0.39, 0.29) is 17.1 Å². The van der Waals surface area contributed by atoms with Crippen molar-refractivity contribution >= 4 is 34.6 Å². The predicted molar refractivity (Wildman–Crippen MR) is 113 cm³/mol. The Kier molecular flexibility index (Phi) is 6.48. The quantitative estimate of drug-likeness (QED) is 0.437. The van der Waals surface area contributed by atoms with E-state index in [1.165, 1.54) is 19.2 Å². The van der Waals surface area contributed by atoms with E-state index in [0.717, 1.165) is 37.9 Å². The van der Waals surface area contributed by atoms with E-state index in [0.29, 0.717) is 5.69 Å². The van der Waals surface area contributed by atoms with Gasteiger partial charge in [-0.25, -0.2) is 0 Å². The molecule has 1 aliphatic rings. The third-order valence-electron chi connectivity index (χ3n) is 4.84. The number of likely N-dealkylation sites (N-methyl/N-ethyl adjacent to an activating group) is 1. The summed E-state index contributed by atoms with van der Waals surface area (Å²) in [5.41, 5.74) is 1.33. The van der Waals surface area contributed by atoms with Gasteiger partial charge in [-0.1, -0.05) is 0 Å². The van der Waals surface area contributed by atoms with E-state index < -0.39 is 16.7 Å². The number of piperazine rings is 1. The Hall–Kier alpha value is -3.66. The van der Waals surface area contributed by atoms with Crippen LogP contribution >= 0.6 is 0 Å². The number of non-ortho nitro benzene ring substituents is 1. The van der Waals surface area contributed by atoms with Gasteiger partial charge in [-0.3, -0.25) is 19.7 Å². The molecule has 30 heavy (non-hydrogen) atoms. The summed E-state index contributed by atoms with van der Waals surface area (Å²) < 4.78 is 5.08. The van der Waals surface area contributed by atoms with E-state index in [1.807, 2.05) is 12.1 Å². The van der Waals surface area contributed by atoms with Gasteiger partial charge in [-0.05, 0) is 37.4 Å². The standard InChI is InChI=1S/C20H23N5O5/c1-23-9-11-24(12-10-23)15-5-3-14(4-6-15)21-19(26)20(27)22-17-13-16(25(28)29)7-8-18(17)30-2/h3-8,13H,9-12H2,1-2H3,(H,21,26)(H,22,27). The number of methoxy groups -OCH3 is 1. The minimum absolute atomic E-state index is 0.0391. The molecule has 0 spiro atoms. The average Bonchev–Trinajstić information content (AvgIpc) is 2.74. The Morgan fingerprint density at radius 1 is 1.00 bits per heavy atom. The first-order valence-electron chi connectivity index (χ1n) is 9.35. The summed E-state index contributed by atoms with van der Waals surface area (Å²) in [4.78, 5) is 39.4. The molecule has 0 radical (unpaired) electrons. The molecule has 2 aromatic rings. The largest absolute Gasteiger partial charge is 0.495 e. The van der Waals surface area contributed by atoms with Gasteiger partial charge < -0.3 is 25.2 Å². The lowest BCUT2D eigenvalue weighted by molar-refractivity contribution is -0.384. The smallest absolute Gasteiger partial charge is 0.314 e. The molecule has 2 aromatic carbocycles. The fourth-order valence-electron chi connectivity index (χ4n) is 3.09. The third kappa shape index (κ3) is 5.03. The van der Waals surface area contributed by atoms with Crippen molar-refractivity contribution in [2.45, 2.75) is 0 Å². The minimum Gasteiger partial charge on any atom is -0.495 e. The number of benzene rings is 2. The molecule has 0 saturated carbocycles. The SMILES string of the molecule is COc1ccc([N+](=O)[O-])cc1NC(=O)C(=O)Nc1ccc(N2CCN(C)CC2)cc1. The van der Waals surface area contributed by atoms with Crippen molar-refractivity contribution in [3.63, 3.8) is 0 Å². The van der Waals surface area contributed by atoms with Gasteiger partial charge in [0.1, 0.15) is 5.75 Å². The van der Waals surface area contributed by atoms with Crippen LogP contribution in [0.4, 0.5) is 22.7 Å². The molecule has 0 bridgehead atoms. The van der Waals surface area contributed by atoms with Gasteiger partial charge in [0.25, 0.3) is 5.69 Å². The number of carbonyl (C=O) groups is 2. The number of hydrogen-bond donors (Lipinski definition) is 2. The van der Waals surface area contributed by atoms with Gasteiger partial charge in [-0.15, -0.1) is 0 Å². The molecule has 2 amide bonds. The molecule has 3 rings (SSSR count). The number of carbonyl (C=O) groups excluding carboxylic acids is 2. The molecule has 0 atom stereocenters. The molecule has 1 aliphatic heterocycles. The second-order valence-corrected chi connectivity index (χ2v) is 6.89. The van der Waals surface area contributed by atoms with Gasteiger partial charge >= 0.3 is 11.8 Å². The van der Waals surface area contributed by atoms with Crippen LogP contribution in [0.3, 0.4) is 0 Å². The molecule has 10 heteroatoms. The molecule has 2 N–H and O–H groups in total. The van der Waals surface area contributed by atoms with Crippen LogP contribution in [-0.2, 0) is 9.59 Å². The lowest BCUT2D eigenvalue weighted by Gasteiger charge is -2.34. The molecular formula is C20H23N5O5. The maximum atomic E-state index is 12.2. The fourth-order valence-corrected chi connectivity index (χ4v) is 3.09. The fraction of sp³-hybridized carbons (Fsp3) is 0.300. The van der Waals surface area contributed by atoms with Crippen molar-refractivity contribution in [3.05, 3.63) is 52.6 Å². The Morgan fingerprint density at radius 2 is 1.63 bits per heavy atom. The highest BCUT2D eigenvalue weighted by Gasteiger charge is 2.19. The number of nitrogens with one attached hydrogen (secondary N) is 2. The lowest BCUT2D eigenvalue weighted by atomic mass is 10.2. The normalized spacial score (nSPS) is 14.1. The van der Waals surface area contributed by atoms with Crippen LogP contribution in [0, 0.1) is 10.1 Å². The van der Waals surface area contributed by atoms with Crippen molar-refractivity contribution in [1.82, 2.24) is 4.90 Å². The number of nitro groups is 1. The number of ether oxygens (including phenoxy) is 1. The summed E-state index contributed by atoms with van der Waals surface area (Å²) in [6.07, 6.45) is 0. The average molecular weight is 413 g/mol. The van der Waals surface area contributed by atoms with Crippen molar-refractivity contribution in [2.75, 3.05) is 55.9 Å². The van der Waals surface area contributed by atoms with Crippen LogP contribution in [0.1, 0.15) is 0 Å². The third-order valence-corrected chi connectivity index (χ3v) is 4.84. The van der Waals surface area contributed by atoms with E-state index >= 15 is 0 Å². The van der Waals surface area contributed by atoms with E-state index in [9.17, 15) is 19.7 Å². The topological polar surface area (TPSA) is 117 Å². The maximum absolute atomic E-state index is 12.2. The van der Waals surface area contributed by atoms with Crippen molar-refractivity contribution in [3.8, 4) is 5.75 Å². The zero-order valence-corrected chi connectivity index (χ0v) is 16.8. The van der Waals surface area contributed by atoms with Crippen molar-refractivity contribution in [2.24, 2.45) is 0 Å². The molecule has 158 valence electrons. The lowest BCUT2D eigenvalue weighted by Crippen LogP contribution is -2.44. The molecule has 1 fully saturated rings. The Balaban J connectivity index is 1.62. The van der Waals surface area contributed by atoms with E-state index in [1.54, 1.807) is 12.1 Å². The highest BCUT2D eigenvalue weighted by molar-refractivity contribution is 6.43. The van der Waals surface area contributed by atoms with Crippen LogP contribution in [0.2, 0.25) is 0 Å². The highest BCUT2D eigenvalue weighted by Crippen LogP contribution is 2.29. The van der Waals surface area contributed by atoms with Gasteiger partial charge in [-0.2, -0.15) is 0 Å². The number of rotatable bonds is 5. The summed E-state index contributed by atoms with van der Waals surface area (Å²) >= 11 is 0. The summed E-state index contributed by atoms with van der Waals surface area (Å²) in [5, 5.41) is 15.8. The van der Waals surface area contributed by atoms with Crippen molar-refractivity contribution in [1.29, 1.82) is 0 Å². The Morgan fingerprint density at radius 3 is 2.23 bits per heavy atom. The molecule has 0 aromatic heterocycles. The second-order valence-electron chi connectivity index (χ2n) is 6.89. The Labute approximate surface area is 173 Å². The molecule has 0 unspecified atom stereocenters. The Bertz CT molecular complexity index is 939. The zero-order chi connectivity index (χ0) is 21.7. The number of anilines is 3. The molecule has 1 saturated heterocycles. The summed E-state index contributed by atoms with van der Waals surface area (Å²) in [7, 11) is 3.45. The first kappa shape index (κ1) is 21.1. The monoisotopic (exact) mass is 413 g/mol. The van der Waals surface area contributed by atoms with Crippen LogP contribution in [0.25, 0.3) is 0 Å². The molecule has 0 aliphatic carbocycles. The number of amides is 2. The van der Waals surface area contributed by atoms with Crippen LogP contribution in [-0.4, -0.2) is 62.0 Å². The minimum atomic E-state index is -0.961. The molecule has 10 nitrogen and oxygen atoms in total.